The first-order valence-electron chi connectivity index (χ1n) is 6.99. The average molecular weight is 258 g/mol. The zero-order chi connectivity index (χ0) is 13.3. The predicted molar refractivity (Wildman–Crippen MR) is 69.3 cm³/mol. The van der Waals surface area contributed by atoms with Crippen LogP contribution in [-0.4, -0.2) is 81.7 Å². The third-order valence-corrected chi connectivity index (χ3v) is 4.29. The molecule has 0 saturated carbocycles. The van der Waals surface area contributed by atoms with Gasteiger partial charge in [-0.05, 0) is 26.7 Å². The summed E-state index contributed by atoms with van der Waals surface area (Å²) in [4.78, 5) is 4.82. The summed E-state index contributed by atoms with van der Waals surface area (Å²) in [5.74, 6) is 0. The molecule has 0 aromatic rings. The Balaban J connectivity index is 1.89. The Morgan fingerprint density at radius 2 is 1.61 bits per heavy atom. The Bertz CT molecular complexity index is 261. The van der Waals surface area contributed by atoms with Crippen LogP contribution >= 0.6 is 0 Å². The normalized spacial score (nSPS) is 33.0. The third kappa shape index (κ3) is 2.86. The summed E-state index contributed by atoms with van der Waals surface area (Å²) in [6.07, 6.45) is 0.599. The molecule has 2 aliphatic rings. The standard InChI is InChI=1S/C13H26N2O3/c1-9(2)15-10-3-4-11(15)6-14(5-10)7-12(17)13(18)8-16/h9-13,16-18H,3-8H2,1-2H3. The van der Waals surface area contributed by atoms with Gasteiger partial charge in [0.1, 0.15) is 6.10 Å². The van der Waals surface area contributed by atoms with E-state index in [9.17, 15) is 10.2 Å². The van der Waals surface area contributed by atoms with E-state index < -0.39 is 12.2 Å². The molecule has 18 heavy (non-hydrogen) atoms. The fourth-order valence-corrected chi connectivity index (χ4v) is 3.52. The van der Waals surface area contributed by atoms with E-state index in [1.54, 1.807) is 0 Å². The van der Waals surface area contributed by atoms with Gasteiger partial charge in [0, 0.05) is 37.8 Å². The van der Waals surface area contributed by atoms with E-state index in [0.717, 1.165) is 13.1 Å². The van der Waals surface area contributed by atoms with Crippen LogP contribution < -0.4 is 0 Å². The molecule has 0 spiro atoms. The Hall–Kier alpha value is -0.200. The highest BCUT2D eigenvalue weighted by atomic mass is 16.4. The van der Waals surface area contributed by atoms with Crippen LogP contribution in [-0.2, 0) is 0 Å². The maximum absolute atomic E-state index is 9.77. The molecule has 2 aliphatic heterocycles. The van der Waals surface area contributed by atoms with E-state index in [-0.39, 0.29) is 6.61 Å². The highest BCUT2D eigenvalue weighted by Crippen LogP contribution is 2.31. The van der Waals surface area contributed by atoms with Crippen LogP contribution in [0.4, 0.5) is 0 Å². The number of β-amino-alcohol motifs (C(OH)–C–C–N with tert-alkyl or cyclic N) is 1. The van der Waals surface area contributed by atoms with Crippen LogP contribution in [0.15, 0.2) is 0 Å². The van der Waals surface area contributed by atoms with Crippen molar-refractivity contribution in [2.24, 2.45) is 0 Å². The number of rotatable bonds is 5. The van der Waals surface area contributed by atoms with Gasteiger partial charge in [0.05, 0.1) is 12.7 Å². The Kier molecular flexibility index (Phi) is 4.61. The number of aliphatic hydroxyl groups is 3. The molecule has 5 nitrogen and oxygen atoms in total. The molecule has 106 valence electrons. The monoisotopic (exact) mass is 258 g/mol. The van der Waals surface area contributed by atoms with Crippen molar-refractivity contribution in [1.29, 1.82) is 0 Å². The van der Waals surface area contributed by atoms with E-state index in [1.165, 1.54) is 12.8 Å². The van der Waals surface area contributed by atoms with Crippen molar-refractivity contribution in [3.63, 3.8) is 0 Å². The first-order chi connectivity index (χ1) is 8.52. The molecular weight excluding hydrogens is 232 g/mol. The maximum Gasteiger partial charge on any atom is 0.104 e. The lowest BCUT2D eigenvalue weighted by molar-refractivity contribution is -0.0446. The van der Waals surface area contributed by atoms with Crippen molar-refractivity contribution in [3.05, 3.63) is 0 Å². The zero-order valence-corrected chi connectivity index (χ0v) is 11.4. The molecule has 4 atom stereocenters. The molecule has 0 amide bonds. The summed E-state index contributed by atoms with van der Waals surface area (Å²) in [5.41, 5.74) is 0. The first kappa shape index (κ1) is 14.2. The van der Waals surface area contributed by atoms with Gasteiger partial charge in [-0.3, -0.25) is 9.80 Å². The lowest BCUT2D eigenvalue weighted by Crippen LogP contribution is -2.57. The van der Waals surface area contributed by atoms with Gasteiger partial charge in [0.25, 0.3) is 0 Å². The lowest BCUT2D eigenvalue weighted by atomic mass is 10.1. The molecule has 2 fully saturated rings. The van der Waals surface area contributed by atoms with Crippen LogP contribution in [0.1, 0.15) is 26.7 Å². The second kappa shape index (κ2) is 5.84. The summed E-state index contributed by atoms with van der Waals surface area (Å²) >= 11 is 0. The van der Waals surface area contributed by atoms with Crippen molar-refractivity contribution in [1.82, 2.24) is 9.80 Å². The fraction of sp³-hybridized carbons (Fsp3) is 1.00. The average Bonchev–Trinajstić information content (AvgIpc) is 2.60. The molecule has 2 saturated heterocycles. The van der Waals surface area contributed by atoms with E-state index in [2.05, 4.69) is 23.6 Å². The zero-order valence-electron chi connectivity index (χ0n) is 11.4. The summed E-state index contributed by atoms with van der Waals surface area (Å²) in [5, 5.41) is 28.0. The van der Waals surface area contributed by atoms with Crippen molar-refractivity contribution >= 4 is 0 Å². The summed E-state index contributed by atoms with van der Waals surface area (Å²) in [7, 11) is 0. The number of aliphatic hydroxyl groups excluding tert-OH is 3. The van der Waals surface area contributed by atoms with Gasteiger partial charge in [-0.1, -0.05) is 0 Å². The van der Waals surface area contributed by atoms with Crippen LogP contribution in [0.2, 0.25) is 0 Å². The lowest BCUT2D eigenvalue weighted by Gasteiger charge is -2.44. The largest absolute Gasteiger partial charge is 0.394 e. The quantitative estimate of drug-likeness (QED) is 0.606. The SMILES string of the molecule is CC(C)N1C2CCC1CN(CC(O)C(O)CO)C2. The highest BCUT2D eigenvalue weighted by molar-refractivity contribution is 4.97. The Labute approximate surface area is 109 Å². The van der Waals surface area contributed by atoms with Crippen molar-refractivity contribution in [3.8, 4) is 0 Å². The van der Waals surface area contributed by atoms with Crippen LogP contribution in [0.3, 0.4) is 0 Å². The molecule has 5 heteroatoms. The predicted octanol–water partition coefficient (Wildman–Crippen LogP) is -0.742. The molecule has 0 radical (unpaired) electrons. The molecule has 0 aliphatic carbocycles. The molecule has 3 N–H and O–H groups in total. The smallest absolute Gasteiger partial charge is 0.104 e. The van der Waals surface area contributed by atoms with Crippen molar-refractivity contribution in [2.75, 3.05) is 26.2 Å². The van der Waals surface area contributed by atoms with Gasteiger partial charge in [0.2, 0.25) is 0 Å². The number of likely N-dealkylation sites (tertiary alicyclic amines) is 1. The van der Waals surface area contributed by atoms with Gasteiger partial charge in [-0.15, -0.1) is 0 Å². The fourth-order valence-electron chi connectivity index (χ4n) is 3.52. The van der Waals surface area contributed by atoms with Gasteiger partial charge in [-0.25, -0.2) is 0 Å². The molecular formula is C13H26N2O3. The maximum atomic E-state index is 9.77. The minimum absolute atomic E-state index is 0.375. The van der Waals surface area contributed by atoms with Gasteiger partial charge >= 0.3 is 0 Å². The van der Waals surface area contributed by atoms with E-state index in [0.29, 0.717) is 24.7 Å². The molecule has 2 heterocycles. The van der Waals surface area contributed by atoms with E-state index in [4.69, 9.17) is 5.11 Å². The number of piperazine rings is 1. The van der Waals surface area contributed by atoms with E-state index >= 15 is 0 Å². The topological polar surface area (TPSA) is 67.2 Å². The molecule has 2 rings (SSSR count). The second-order valence-corrected chi connectivity index (χ2v) is 5.96. The third-order valence-electron chi connectivity index (χ3n) is 4.29. The van der Waals surface area contributed by atoms with Gasteiger partial charge in [0.15, 0.2) is 0 Å². The van der Waals surface area contributed by atoms with Crippen LogP contribution in [0.5, 0.6) is 0 Å². The van der Waals surface area contributed by atoms with Gasteiger partial charge in [-0.2, -0.15) is 0 Å². The molecule has 2 bridgehead atoms. The number of hydrogen-bond donors (Lipinski definition) is 3. The summed E-state index contributed by atoms with van der Waals surface area (Å²) < 4.78 is 0. The molecule has 4 unspecified atom stereocenters. The van der Waals surface area contributed by atoms with Crippen molar-refractivity contribution < 1.29 is 15.3 Å². The summed E-state index contributed by atoms with van der Waals surface area (Å²) in [6, 6.07) is 1.75. The van der Waals surface area contributed by atoms with Crippen molar-refractivity contribution in [2.45, 2.75) is 57.0 Å². The number of hydrogen-bond acceptors (Lipinski definition) is 5. The molecule has 0 aromatic carbocycles. The highest BCUT2D eigenvalue weighted by Gasteiger charge is 2.41. The number of nitrogens with zero attached hydrogens (tertiary/aromatic N) is 2. The Morgan fingerprint density at radius 3 is 2.06 bits per heavy atom. The summed E-state index contributed by atoms with van der Waals surface area (Å²) in [6.45, 7) is 6.49. The first-order valence-corrected chi connectivity index (χ1v) is 6.99. The minimum Gasteiger partial charge on any atom is -0.394 e. The van der Waals surface area contributed by atoms with Crippen LogP contribution in [0, 0.1) is 0 Å². The van der Waals surface area contributed by atoms with Crippen LogP contribution in [0.25, 0.3) is 0 Å². The minimum atomic E-state index is -1.02. The van der Waals surface area contributed by atoms with E-state index in [1.807, 2.05) is 0 Å². The number of fused-ring (bicyclic) bond motifs is 2. The van der Waals surface area contributed by atoms with Gasteiger partial charge < -0.3 is 15.3 Å². The second-order valence-electron chi connectivity index (χ2n) is 5.96. The Morgan fingerprint density at radius 1 is 1.06 bits per heavy atom. The molecule has 0 aromatic heterocycles.